The first kappa shape index (κ1) is 19.4. The summed E-state index contributed by atoms with van der Waals surface area (Å²) in [7, 11) is 1.94. The molecule has 0 unspecified atom stereocenters. The van der Waals surface area contributed by atoms with Gasteiger partial charge in [-0.2, -0.15) is 0 Å². The number of aryl methyl sites for hydroxylation is 1. The average Bonchev–Trinajstić information content (AvgIpc) is 2.87. The van der Waals surface area contributed by atoms with Crippen LogP contribution in [0.1, 0.15) is 0 Å². The average molecular weight is 334 g/mol. The van der Waals surface area contributed by atoms with E-state index in [2.05, 4.69) is 4.98 Å². The van der Waals surface area contributed by atoms with E-state index in [-0.39, 0.29) is 38.0 Å². The first-order valence-electron chi connectivity index (χ1n) is 5.93. The van der Waals surface area contributed by atoms with E-state index >= 15 is 0 Å². The molecule has 7 heteroatoms. The molecule has 0 atom stereocenters. The number of benzene rings is 1. The predicted molar refractivity (Wildman–Crippen MR) is 86.9 cm³/mol. The summed E-state index contributed by atoms with van der Waals surface area (Å²) < 4.78 is 19.7. The maximum Gasteiger partial charge on any atom is 0.139 e. The van der Waals surface area contributed by atoms with Crippen LogP contribution in [0.5, 0.6) is 5.75 Å². The van der Waals surface area contributed by atoms with Gasteiger partial charge in [-0.3, -0.25) is 0 Å². The van der Waals surface area contributed by atoms with Crippen molar-refractivity contribution in [1.82, 2.24) is 9.55 Å². The second-order valence-corrected chi connectivity index (χ2v) is 4.15. The van der Waals surface area contributed by atoms with Crippen LogP contribution in [0.2, 0.25) is 0 Å². The summed E-state index contributed by atoms with van der Waals surface area (Å²) >= 11 is 0. The maximum absolute atomic E-state index is 12.3. The molecule has 0 aliphatic rings. The normalized spacial score (nSPS) is 10.5. The monoisotopic (exact) mass is 333 g/mol. The minimum absolute atomic E-state index is 0. The number of imidazole rings is 1. The Hall–Kier alpha value is -1.56. The van der Waals surface area contributed by atoms with Gasteiger partial charge in [0, 0.05) is 37.1 Å². The van der Waals surface area contributed by atoms with Gasteiger partial charge in [0.1, 0.15) is 18.2 Å². The van der Waals surface area contributed by atoms with E-state index < -0.39 is 0 Å². The zero-order chi connectivity index (χ0) is 13.7. The zero-order valence-corrected chi connectivity index (χ0v) is 13.2. The van der Waals surface area contributed by atoms with Crippen molar-refractivity contribution in [2.24, 2.45) is 12.8 Å². The Morgan fingerprint density at radius 3 is 2.48 bits per heavy atom. The standard InChI is InChI=1S/C14H16FN3O.2ClH/c1-18-7-6-17-14(18)12-2-4-13(5-3-12)19-10-11(8-15)9-16;;/h2-8H,9-10,16H2,1H3;2*1H/b11-8+;;. The SMILES string of the molecule is Cl.Cl.Cn1ccnc1-c1ccc(OC/C(=C/F)CN)cc1. The third-order valence-electron chi connectivity index (χ3n) is 2.77. The van der Waals surface area contributed by atoms with E-state index in [4.69, 9.17) is 10.5 Å². The third-order valence-corrected chi connectivity index (χ3v) is 2.77. The fourth-order valence-electron chi connectivity index (χ4n) is 1.66. The summed E-state index contributed by atoms with van der Waals surface area (Å²) in [6.45, 7) is 0.316. The lowest BCUT2D eigenvalue weighted by atomic mass is 10.2. The molecule has 0 saturated heterocycles. The predicted octanol–water partition coefficient (Wildman–Crippen LogP) is 3.12. The molecule has 0 amide bonds. The molecule has 2 N–H and O–H groups in total. The molecule has 0 spiro atoms. The fraction of sp³-hybridized carbons (Fsp3) is 0.214. The zero-order valence-electron chi connectivity index (χ0n) is 11.5. The molecule has 2 rings (SSSR count). The lowest BCUT2D eigenvalue weighted by Crippen LogP contribution is -2.10. The van der Waals surface area contributed by atoms with Crippen LogP contribution in [0.4, 0.5) is 4.39 Å². The molecule has 0 fully saturated rings. The number of hydrogen-bond donors (Lipinski definition) is 1. The molecule has 1 heterocycles. The van der Waals surface area contributed by atoms with E-state index in [1.165, 1.54) is 0 Å². The highest BCUT2D eigenvalue weighted by molar-refractivity contribution is 5.85. The van der Waals surface area contributed by atoms with Crippen molar-refractivity contribution < 1.29 is 9.13 Å². The first-order chi connectivity index (χ1) is 9.24. The van der Waals surface area contributed by atoms with Gasteiger partial charge in [-0.15, -0.1) is 24.8 Å². The maximum atomic E-state index is 12.3. The topological polar surface area (TPSA) is 53.1 Å². The van der Waals surface area contributed by atoms with Gasteiger partial charge in [-0.1, -0.05) is 0 Å². The van der Waals surface area contributed by atoms with Crippen LogP contribution < -0.4 is 10.5 Å². The minimum Gasteiger partial charge on any atom is -0.489 e. The largest absolute Gasteiger partial charge is 0.489 e. The Morgan fingerprint density at radius 2 is 2.00 bits per heavy atom. The summed E-state index contributed by atoms with van der Waals surface area (Å²) in [6, 6.07) is 7.49. The van der Waals surface area contributed by atoms with Gasteiger partial charge in [0.05, 0.1) is 6.33 Å². The number of rotatable bonds is 5. The van der Waals surface area contributed by atoms with Crippen molar-refractivity contribution in [1.29, 1.82) is 0 Å². The number of aromatic nitrogens is 2. The highest BCUT2D eigenvalue weighted by atomic mass is 35.5. The van der Waals surface area contributed by atoms with Crippen LogP contribution in [-0.4, -0.2) is 22.7 Å². The van der Waals surface area contributed by atoms with E-state index in [1.807, 2.05) is 42.1 Å². The second-order valence-electron chi connectivity index (χ2n) is 4.15. The lowest BCUT2D eigenvalue weighted by Gasteiger charge is -2.08. The van der Waals surface area contributed by atoms with Crippen molar-refractivity contribution in [3.63, 3.8) is 0 Å². The molecule has 1 aromatic carbocycles. The van der Waals surface area contributed by atoms with Gasteiger partial charge in [0.15, 0.2) is 0 Å². The van der Waals surface area contributed by atoms with E-state index in [1.54, 1.807) is 6.20 Å². The molecular weight excluding hydrogens is 316 g/mol. The third kappa shape index (κ3) is 5.04. The van der Waals surface area contributed by atoms with Crippen LogP contribution >= 0.6 is 24.8 Å². The number of halogens is 3. The molecule has 2 aromatic rings. The Bertz CT molecular complexity index is 570. The van der Waals surface area contributed by atoms with Crippen LogP contribution in [0.15, 0.2) is 48.6 Å². The molecule has 4 nitrogen and oxygen atoms in total. The fourth-order valence-corrected chi connectivity index (χ4v) is 1.66. The van der Waals surface area contributed by atoms with Gasteiger partial charge in [-0.25, -0.2) is 9.37 Å². The van der Waals surface area contributed by atoms with Gasteiger partial charge in [0.25, 0.3) is 0 Å². The molecule has 1 aromatic heterocycles. The van der Waals surface area contributed by atoms with Crippen LogP contribution in [-0.2, 0) is 7.05 Å². The quantitative estimate of drug-likeness (QED) is 0.914. The summed E-state index contributed by atoms with van der Waals surface area (Å²) in [5.41, 5.74) is 6.78. The van der Waals surface area contributed by atoms with Gasteiger partial charge in [-0.05, 0) is 24.3 Å². The summed E-state index contributed by atoms with van der Waals surface area (Å²) in [5.74, 6) is 1.56. The van der Waals surface area contributed by atoms with Gasteiger partial charge >= 0.3 is 0 Å². The second kappa shape index (κ2) is 9.39. The Labute approximate surface area is 135 Å². The molecule has 21 heavy (non-hydrogen) atoms. The van der Waals surface area contributed by atoms with Crippen molar-refractivity contribution >= 4 is 24.8 Å². The van der Waals surface area contributed by atoms with Crippen LogP contribution in [0.3, 0.4) is 0 Å². The number of nitrogens with two attached hydrogens (primary N) is 1. The van der Waals surface area contributed by atoms with Crippen molar-refractivity contribution in [3.05, 3.63) is 48.6 Å². The first-order valence-corrected chi connectivity index (χ1v) is 5.93. The lowest BCUT2D eigenvalue weighted by molar-refractivity contribution is 0.347. The summed E-state index contributed by atoms with van der Waals surface area (Å²) in [4.78, 5) is 4.26. The van der Waals surface area contributed by atoms with E-state index in [0.29, 0.717) is 17.7 Å². The summed E-state index contributed by atoms with van der Waals surface area (Å²) in [5, 5.41) is 0. The van der Waals surface area contributed by atoms with E-state index in [9.17, 15) is 4.39 Å². The van der Waals surface area contributed by atoms with Crippen molar-refractivity contribution in [2.75, 3.05) is 13.2 Å². The number of hydrogen-bond acceptors (Lipinski definition) is 3. The highest BCUT2D eigenvalue weighted by Gasteiger charge is 2.03. The molecular formula is C14H18Cl2FN3O. The molecule has 116 valence electrons. The molecule has 0 aliphatic carbocycles. The Morgan fingerprint density at radius 1 is 1.33 bits per heavy atom. The minimum atomic E-state index is 0. The number of ether oxygens (including phenoxy) is 1. The van der Waals surface area contributed by atoms with Gasteiger partial charge in [0.2, 0.25) is 0 Å². The van der Waals surface area contributed by atoms with Crippen molar-refractivity contribution in [3.8, 4) is 17.1 Å². The van der Waals surface area contributed by atoms with E-state index in [0.717, 1.165) is 11.4 Å². The molecule has 0 radical (unpaired) electrons. The Balaban J connectivity index is 0.00000200. The van der Waals surface area contributed by atoms with Crippen LogP contribution in [0.25, 0.3) is 11.4 Å². The number of nitrogens with zero attached hydrogens (tertiary/aromatic N) is 2. The van der Waals surface area contributed by atoms with Gasteiger partial charge < -0.3 is 15.0 Å². The molecule has 0 bridgehead atoms. The highest BCUT2D eigenvalue weighted by Crippen LogP contribution is 2.20. The molecule has 0 saturated carbocycles. The van der Waals surface area contributed by atoms with Crippen molar-refractivity contribution in [2.45, 2.75) is 0 Å². The Kier molecular flexibility index (Phi) is 8.69. The smallest absolute Gasteiger partial charge is 0.139 e. The van der Waals surface area contributed by atoms with Crippen LogP contribution in [0, 0.1) is 0 Å². The summed E-state index contributed by atoms with van der Waals surface area (Å²) in [6.07, 6.45) is 4.13. The molecule has 0 aliphatic heterocycles.